The number of aromatic nitrogens is 2. The Morgan fingerprint density at radius 1 is 1.33 bits per heavy atom. The summed E-state index contributed by atoms with van der Waals surface area (Å²) >= 11 is 1.54. The van der Waals surface area contributed by atoms with E-state index in [2.05, 4.69) is 36.2 Å². The third-order valence-corrected chi connectivity index (χ3v) is 4.46. The first kappa shape index (κ1) is 13.8. The summed E-state index contributed by atoms with van der Waals surface area (Å²) in [5, 5.41) is 11.1. The SMILES string of the molecule is CCc1ccc(-c2csc3nc(C)c(CC(=O)O)n23)cc1. The van der Waals surface area contributed by atoms with E-state index in [0.29, 0.717) is 0 Å². The van der Waals surface area contributed by atoms with Crippen molar-refractivity contribution in [2.24, 2.45) is 0 Å². The van der Waals surface area contributed by atoms with Crippen LogP contribution in [-0.2, 0) is 17.6 Å². The van der Waals surface area contributed by atoms with Gasteiger partial charge in [0.15, 0.2) is 4.96 Å². The molecule has 3 aromatic rings. The Bertz CT molecular complexity index is 800. The number of hydrogen-bond acceptors (Lipinski definition) is 3. The van der Waals surface area contributed by atoms with Gasteiger partial charge in [-0.15, -0.1) is 11.3 Å². The molecule has 0 saturated heterocycles. The molecule has 0 aliphatic carbocycles. The number of nitrogens with zero attached hydrogens (tertiary/aromatic N) is 2. The number of carboxylic acids is 1. The van der Waals surface area contributed by atoms with Crippen molar-refractivity contribution in [1.29, 1.82) is 0 Å². The quantitative estimate of drug-likeness (QED) is 0.801. The van der Waals surface area contributed by atoms with Crippen molar-refractivity contribution < 1.29 is 9.90 Å². The fourth-order valence-electron chi connectivity index (χ4n) is 2.48. The summed E-state index contributed by atoms with van der Waals surface area (Å²) in [6, 6.07) is 8.39. The molecule has 0 saturated carbocycles. The van der Waals surface area contributed by atoms with Crippen LogP contribution in [0.1, 0.15) is 23.9 Å². The van der Waals surface area contributed by atoms with Crippen molar-refractivity contribution in [2.75, 3.05) is 0 Å². The van der Waals surface area contributed by atoms with E-state index in [9.17, 15) is 4.79 Å². The molecule has 2 aromatic heterocycles. The summed E-state index contributed by atoms with van der Waals surface area (Å²) < 4.78 is 1.97. The van der Waals surface area contributed by atoms with Crippen LogP contribution in [0.15, 0.2) is 29.6 Å². The molecule has 1 aromatic carbocycles. The van der Waals surface area contributed by atoms with E-state index in [4.69, 9.17) is 5.11 Å². The zero-order valence-electron chi connectivity index (χ0n) is 12.0. The molecule has 0 radical (unpaired) electrons. The van der Waals surface area contributed by atoms with Gasteiger partial charge < -0.3 is 5.11 Å². The van der Waals surface area contributed by atoms with Gasteiger partial charge in [-0.05, 0) is 24.5 Å². The second kappa shape index (κ2) is 5.33. The molecule has 2 heterocycles. The molecule has 108 valence electrons. The van der Waals surface area contributed by atoms with Crippen molar-refractivity contribution in [1.82, 2.24) is 9.38 Å². The lowest BCUT2D eigenvalue weighted by atomic mass is 10.1. The normalized spacial score (nSPS) is 11.1. The largest absolute Gasteiger partial charge is 0.481 e. The fourth-order valence-corrected chi connectivity index (χ4v) is 3.44. The van der Waals surface area contributed by atoms with Gasteiger partial charge in [0.2, 0.25) is 0 Å². The number of thiazole rings is 1. The van der Waals surface area contributed by atoms with Crippen molar-refractivity contribution in [3.8, 4) is 11.3 Å². The van der Waals surface area contributed by atoms with Gasteiger partial charge >= 0.3 is 5.97 Å². The molecule has 0 bridgehead atoms. The Labute approximate surface area is 126 Å². The zero-order valence-corrected chi connectivity index (χ0v) is 12.8. The Balaban J connectivity index is 2.15. The third-order valence-electron chi connectivity index (χ3n) is 3.64. The topological polar surface area (TPSA) is 54.6 Å². The number of fused-ring (bicyclic) bond motifs is 1. The van der Waals surface area contributed by atoms with E-state index < -0.39 is 5.97 Å². The maximum Gasteiger partial charge on any atom is 0.309 e. The molecule has 0 spiro atoms. The average Bonchev–Trinajstić information content (AvgIpc) is 2.99. The Hall–Kier alpha value is -2.14. The molecule has 0 aliphatic rings. The Kier molecular flexibility index (Phi) is 3.51. The van der Waals surface area contributed by atoms with Crippen LogP contribution in [0, 0.1) is 6.92 Å². The van der Waals surface area contributed by atoms with Gasteiger partial charge in [0.05, 0.1) is 23.5 Å². The van der Waals surface area contributed by atoms with E-state index in [1.807, 2.05) is 16.7 Å². The molecular formula is C16H16N2O2S. The van der Waals surface area contributed by atoms with E-state index >= 15 is 0 Å². The van der Waals surface area contributed by atoms with Crippen molar-refractivity contribution in [2.45, 2.75) is 26.7 Å². The molecule has 5 heteroatoms. The highest BCUT2D eigenvalue weighted by molar-refractivity contribution is 7.15. The van der Waals surface area contributed by atoms with E-state index in [1.165, 1.54) is 16.9 Å². The average molecular weight is 300 g/mol. The third kappa shape index (κ3) is 2.45. The number of hydrogen-bond donors (Lipinski definition) is 1. The minimum Gasteiger partial charge on any atom is -0.481 e. The summed E-state index contributed by atoms with van der Waals surface area (Å²) in [6.07, 6.45) is 0.998. The number of rotatable bonds is 4. The Morgan fingerprint density at radius 3 is 2.67 bits per heavy atom. The van der Waals surface area contributed by atoms with Crippen LogP contribution in [0.5, 0.6) is 0 Å². The molecule has 0 amide bonds. The molecule has 0 aliphatic heterocycles. The van der Waals surface area contributed by atoms with E-state index in [-0.39, 0.29) is 6.42 Å². The fraction of sp³-hybridized carbons (Fsp3) is 0.250. The molecule has 21 heavy (non-hydrogen) atoms. The molecule has 0 fully saturated rings. The zero-order chi connectivity index (χ0) is 15.0. The second-order valence-electron chi connectivity index (χ2n) is 5.00. The molecule has 4 nitrogen and oxygen atoms in total. The maximum atomic E-state index is 11.1. The summed E-state index contributed by atoms with van der Waals surface area (Å²) in [4.78, 5) is 16.4. The lowest BCUT2D eigenvalue weighted by Gasteiger charge is -2.05. The number of carbonyl (C=O) groups is 1. The lowest BCUT2D eigenvalue weighted by molar-refractivity contribution is -0.136. The second-order valence-corrected chi connectivity index (χ2v) is 5.84. The first-order valence-electron chi connectivity index (χ1n) is 6.86. The van der Waals surface area contributed by atoms with Gasteiger partial charge in [0.25, 0.3) is 0 Å². The number of aliphatic carboxylic acids is 1. The first-order chi connectivity index (χ1) is 10.1. The smallest absolute Gasteiger partial charge is 0.309 e. The van der Waals surface area contributed by atoms with Crippen LogP contribution < -0.4 is 0 Å². The highest BCUT2D eigenvalue weighted by Gasteiger charge is 2.17. The summed E-state index contributed by atoms with van der Waals surface area (Å²) in [6.45, 7) is 3.99. The minimum atomic E-state index is -0.835. The number of imidazole rings is 1. The van der Waals surface area contributed by atoms with Gasteiger partial charge in [-0.1, -0.05) is 31.2 Å². The molecule has 1 N–H and O–H groups in total. The predicted octanol–water partition coefficient (Wildman–Crippen LogP) is 3.56. The van der Waals surface area contributed by atoms with Crippen LogP contribution in [0.4, 0.5) is 0 Å². The van der Waals surface area contributed by atoms with E-state index in [1.54, 1.807) is 0 Å². The number of benzene rings is 1. The minimum absolute atomic E-state index is 0.0101. The van der Waals surface area contributed by atoms with Crippen LogP contribution >= 0.6 is 11.3 Å². The van der Waals surface area contributed by atoms with Gasteiger partial charge in [0.1, 0.15) is 0 Å². The monoisotopic (exact) mass is 300 g/mol. The molecular weight excluding hydrogens is 284 g/mol. The number of aryl methyl sites for hydroxylation is 2. The van der Waals surface area contributed by atoms with Crippen LogP contribution in [0.25, 0.3) is 16.2 Å². The first-order valence-corrected chi connectivity index (χ1v) is 7.74. The molecule has 3 rings (SSSR count). The van der Waals surface area contributed by atoms with Crippen LogP contribution in [0.2, 0.25) is 0 Å². The predicted molar refractivity (Wildman–Crippen MR) is 84.0 cm³/mol. The van der Waals surface area contributed by atoms with E-state index in [0.717, 1.165) is 34.0 Å². The summed E-state index contributed by atoms with van der Waals surface area (Å²) in [5.74, 6) is -0.835. The number of carboxylic acid groups (broad SMARTS) is 1. The van der Waals surface area contributed by atoms with Crippen LogP contribution in [0.3, 0.4) is 0 Å². The van der Waals surface area contributed by atoms with Crippen LogP contribution in [-0.4, -0.2) is 20.5 Å². The highest BCUT2D eigenvalue weighted by Crippen LogP contribution is 2.29. The molecule has 0 unspecified atom stereocenters. The van der Waals surface area contributed by atoms with Crippen molar-refractivity contribution in [3.05, 3.63) is 46.6 Å². The summed E-state index contributed by atoms with van der Waals surface area (Å²) in [5.41, 5.74) is 4.93. The van der Waals surface area contributed by atoms with Gasteiger partial charge in [-0.2, -0.15) is 0 Å². The van der Waals surface area contributed by atoms with Gasteiger partial charge in [-0.25, -0.2) is 4.98 Å². The van der Waals surface area contributed by atoms with Crippen molar-refractivity contribution in [3.63, 3.8) is 0 Å². The standard InChI is InChI=1S/C16H16N2O2S/c1-3-11-4-6-12(7-5-11)14-9-21-16-17-10(2)13(18(14)16)8-15(19)20/h4-7,9H,3,8H2,1-2H3,(H,19,20). The summed E-state index contributed by atoms with van der Waals surface area (Å²) in [7, 11) is 0. The van der Waals surface area contributed by atoms with Gasteiger partial charge in [-0.3, -0.25) is 9.20 Å². The van der Waals surface area contributed by atoms with Crippen molar-refractivity contribution >= 4 is 22.3 Å². The lowest BCUT2D eigenvalue weighted by Crippen LogP contribution is -2.05. The Morgan fingerprint density at radius 2 is 2.05 bits per heavy atom. The van der Waals surface area contributed by atoms with Gasteiger partial charge in [0, 0.05) is 5.38 Å². The molecule has 0 atom stereocenters. The maximum absolute atomic E-state index is 11.1. The highest BCUT2D eigenvalue weighted by atomic mass is 32.1.